The van der Waals surface area contributed by atoms with Crippen molar-refractivity contribution in [1.29, 1.82) is 0 Å². The van der Waals surface area contributed by atoms with Gasteiger partial charge in [-0.25, -0.2) is 4.98 Å². The summed E-state index contributed by atoms with van der Waals surface area (Å²) in [5.41, 5.74) is 6.35. The number of ether oxygens (including phenoxy) is 2. The maximum Gasteiger partial charge on any atom is 0.232 e. The zero-order valence-corrected chi connectivity index (χ0v) is 10.2. The van der Waals surface area contributed by atoms with Crippen LogP contribution in [0.2, 0.25) is 5.02 Å². The van der Waals surface area contributed by atoms with Gasteiger partial charge in [-0.05, 0) is 18.1 Å². The van der Waals surface area contributed by atoms with E-state index in [0.29, 0.717) is 30.7 Å². The van der Waals surface area contributed by atoms with Gasteiger partial charge >= 0.3 is 0 Å². The van der Waals surface area contributed by atoms with E-state index in [4.69, 9.17) is 26.8 Å². The summed E-state index contributed by atoms with van der Waals surface area (Å²) in [5, 5.41) is 0.485. The highest BCUT2D eigenvalue weighted by atomic mass is 35.5. The first-order valence-electron chi connectivity index (χ1n) is 5.33. The van der Waals surface area contributed by atoms with Gasteiger partial charge in [0.05, 0.1) is 6.61 Å². The quantitative estimate of drug-likeness (QED) is 0.746. The fourth-order valence-corrected chi connectivity index (χ4v) is 1.37. The van der Waals surface area contributed by atoms with Gasteiger partial charge in [-0.2, -0.15) is 0 Å². The van der Waals surface area contributed by atoms with Crippen molar-refractivity contribution < 1.29 is 9.47 Å². The lowest BCUT2D eigenvalue weighted by Gasteiger charge is -2.07. The molecule has 0 bridgehead atoms. The molecular formula is C11H17ClN2O2. The summed E-state index contributed by atoms with van der Waals surface area (Å²) in [6, 6.07) is 1.76. The number of nitrogens with zero attached hydrogens (tertiary/aromatic N) is 1. The van der Waals surface area contributed by atoms with Crippen LogP contribution in [0.1, 0.15) is 18.9 Å². The molecule has 1 rings (SSSR count). The molecule has 0 aliphatic carbocycles. The van der Waals surface area contributed by atoms with Crippen molar-refractivity contribution in [3.8, 4) is 5.88 Å². The van der Waals surface area contributed by atoms with Gasteiger partial charge in [-0.15, -0.1) is 0 Å². The number of aromatic nitrogens is 1. The highest BCUT2D eigenvalue weighted by Gasteiger charge is 2.03. The van der Waals surface area contributed by atoms with Crippen LogP contribution < -0.4 is 10.5 Å². The molecule has 0 amide bonds. The van der Waals surface area contributed by atoms with Crippen LogP contribution in [0.3, 0.4) is 0 Å². The smallest absolute Gasteiger partial charge is 0.232 e. The van der Waals surface area contributed by atoms with Gasteiger partial charge in [0, 0.05) is 19.3 Å². The van der Waals surface area contributed by atoms with Crippen LogP contribution >= 0.6 is 11.6 Å². The second-order valence-electron chi connectivity index (χ2n) is 3.30. The van der Waals surface area contributed by atoms with Crippen LogP contribution in [0.4, 0.5) is 0 Å². The summed E-state index contributed by atoms with van der Waals surface area (Å²) >= 11 is 5.96. The van der Waals surface area contributed by atoms with Gasteiger partial charge < -0.3 is 15.2 Å². The van der Waals surface area contributed by atoms with Crippen molar-refractivity contribution >= 4 is 11.6 Å². The van der Waals surface area contributed by atoms with E-state index >= 15 is 0 Å². The fourth-order valence-electron chi connectivity index (χ4n) is 1.13. The van der Waals surface area contributed by atoms with Gasteiger partial charge in [0.15, 0.2) is 0 Å². The van der Waals surface area contributed by atoms with E-state index in [2.05, 4.69) is 11.9 Å². The topological polar surface area (TPSA) is 57.4 Å². The number of halogens is 1. The molecule has 0 spiro atoms. The summed E-state index contributed by atoms with van der Waals surface area (Å²) in [4.78, 5) is 4.08. The maximum atomic E-state index is 5.96. The van der Waals surface area contributed by atoms with Gasteiger partial charge in [0.2, 0.25) is 5.88 Å². The summed E-state index contributed by atoms with van der Waals surface area (Å²) in [5.74, 6) is 0.430. The van der Waals surface area contributed by atoms with Crippen LogP contribution in [0, 0.1) is 0 Å². The van der Waals surface area contributed by atoms with Gasteiger partial charge in [0.25, 0.3) is 0 Å². The molecule has 1 aromatic heterocycles. The molecule has 16 heavy (non-hydrogen) atoms. The van der Waals surface area contributed by atoms with Crippen molar-refractivity contribution in [2.24, 2.45) is 5.73 Å². The third-order valence-corrected chi connectivity index (χ3v) is 2.19. The maximum absolute atomic E-state index is 5.96. The van der Waals surface area contributed by atoms with E-state index in [0.717, 1.165) is 18.6 Å². The van der Waals surface area contributed by atoms with E-state index in [1.54, 1.807) is 12.3 Å². The summed E-state index contributed by atoms with van der Waals surface area (Å²) < 4.78 is 10.6. The predicted octanol–water partition coefficient (Wildman–Crippen LogP) is 2.00. The third-order valence-electron chi connectivity index (χ3n) is 1.91. The van der Waals surface area contributed by atoms with E-state index in [1.165, 1.54) is 0 Å². The molecule has 0 saturated carbocycles. The van der Waals surface area contributed by atoms with Crippen LogP contribution in [0.15, 0.2) is 12.3 Å². The second-order valence-corrected chi connectivity index (χ2v) is 3.70. The van der Waals surface area contributed by atoms with E-state index < -0.39 is 0 Å². The fraction of sp³-hybridized carbons (Fsp3) is 0.545. The molecule has 0 saturated heterocycles. The minimum atomic E-state index is 0.423. The molecule has 0 aromatic carbocycles. The van der Waals surface area contributed by atoms with Crippen molar-refractivity contribution in [3.05, 3.63) is 22.8 Å². The SMILES string of the molecule is CCCOCCOc1ncc(CN)cc1Cl. The first-order valence-corrected chi connectivity index (χ1v) is 5.70. The van der Waals surface area contributed by atoms with E-state index in [9.17, 15) is 0 Å². The Bertz CT molecular complexity index is 321. The van der Waals surface area contributed by atoms with Crippen LogP contribution in [0.5, 0.6) is 5.88 Å². The van der Waals surface area contributed by atoms with Crippen molar-refractivity contribution in [1.82, 2.24) is 4.98 Å². The van der Waals surface area contributed by atoms with Gasteiger partial charge in [-0.3, -0.25) is 0 Å². The number of nitrogens with two attached hydrogens (primary N) is 1. The lowest BCUT2D eigenvalue weighted by atomic mass is 10.3. The summed E-state index contributed by atoms with van der Waals surface area (Å²) in [7, 11) is 0. The lowest BCUT2D eigenvalue weighted by molar-refractivity contribution is 0.0990. The first kappa shape index (κ1) is 13.2. The zero-order chi connectivity index (χ0) is 11.8. The molecule has 2 N–H and O–H groups in total. The minimum Gasteiger partial charge on any atom is -0.474 e. The molecule has 1 aromatic rings. The second kappa shape index (κ2) is 7.44. The largest absolute Gasteiger partial charge is 0.474 e. The predicted molar refractivity (Wildman–Crippen MR) is 63.7 cm³/mol. The molecule has 0 fully saturated rings. The number of hydrogen-bond donors (Lipinski definition) is 1. The van der Waals surface area contributed by atoms with E-state index in [-0.39, 0.29) is 0 Å². The number of hydrogen-bond acceptors (Lipinski definition) is 4. The Morgan fingerprint density at radius 2 is 2.19 bits per heavy atom. The van der Waals surface area contributed by atoms with Crippen molar-refractivity contribution in [3.63, 3.8) is 0 Å². The Kier molecular flexibility index (Phi) is 6.15. The Hall–Kier alpha value is -0.840. The van der Waals surface area contributed by atoms with Crippen LogP contribution in [-0.2, 0) is 11.3 Å². The molecule has 4 nitrogen and oxygen atoms in total. The zero-order valence-electron chi connectivity index (χ0n) is 9.41. The average Bonchev–Trinajstić information content (AvgIpc) is 2.30. The Morgan fingerprint density at radius 3 is 2.81 bits per heavy atom. The number of rotatable bonds is 7. The molecule has 90 valence electrons. The highest BCUT2D eigenvalue weighted by molar-refractivity contribution is 6.31. The van der Waals surface area contributed by atoms with Gasteiger partial charge in [-0.1, -0.05) is 18.5 Å². The molecule has 0 atom stereocenters. The molecule has 1 heterocycles. The minimum absolute atomic E-state index is 0.423. The average molecular weight is 245 g/mol. The molecule has 0 aliphatic rings. The molecular weight excluding hydrogens is 228 g/mol. The van der Waals surface area contributed by atoms with Crippen molar-refractivity contribution in [2.75, 3.05) is 19.8 Å². The molecule has 5 heteroatoms. The Balaban J connectivity index is 2.36. The molecule has 0 aliphatic heterocycles. The normalized spacial score (nSPS) is 10.4. The monoisotopic (exact) mass is 244 g/mol. The Morgan fingerprint density at radius 1 is 1.38 bits per heavy atom. The third kappa shape index (κ3) is 4.35. The summed E-state index contributed by atoms with van der Waals surface area (Å²) in [6.45, 7) is 4.23. The van der Waals surface area contributed by atoms with Crippen LogP contribution in [-0.4, -0.2) is 24.8 Å². The standard InChI is InChI=1S/C11H17ClN2O2/c1-2-3-15-4-5-16-11-10(12)6-9(7-13)8-14-11/h6,8H,2-5,7,13H2,1H3. The van der Waals surface area contributed by atoms with Gasteiger partial charge in [0.1, 0.15) is 11.6 Å². The van der Waals surface area contributed by atoms with Crippen LogP contribution in [0.25, 0.3) is 0 Å². The summed E-state index contributed by atoms with van der Waals surface area (Å²) in [6.07, 6.45) is 2.66. The Labute approximate surface area is 101 Å². The van der Waals surface area contributed by atoms with E-state index in [1.807, 2.05) is 0 Å². The molecule has 0 radical (unpaired) electrons. The lowest BCUT2D eigenvalue weighted by Crippen LogP contribution is -2.08. The molecule has 0 unspecified atom stereocenters. The van der Waals surface area contributed by atoms with Crippen molar-refractivity contribution in [2.45, 2.75) is 19.9 Å². The highest BCUT2D eigenvalue weighted by Crippen LogP contribution is 2.21. The number of pyridine rings is 1. The first-order chi connectivity index (χ1) is 7.77.